The Kier molecular flexibility index (Phi) is 5.57. The second kappa shape index (κ2) is 7.20. The first-order valence-corrected chi connectivity index (χ1v) is 7.13. The molecule has 0 unspecified atom stereocenters. The Morgan fingerprint density at radius 2 is 2.15 bits per heavy atom. The molecule has 1 saturated carbocycles. The standard InChI is InChI=1S/C14H19ClF2N2O/c15-11-2-1-10(8-18-12-3-4-12)13(7-11)19(5-6-20)9-14(16)17/h1-2,7,12,14,18,20H,3-6,8-9H2. The molecule has 1 aromatic carbocycles. The zero-order valence-corrected chi connectivity index (χ0v) is 11.9. The number of nitrogens with one attached hydrogen (secondary N) is 1. The maximum Gasteiger partial charge on any atom is 0.255 e. The van der Waals surface area contributed by atoms with Gasteiger partial charge in [-0.25, -0.2) is 8.78 Å². The number of halogens is 3. The summed E-state index contributed by atoms with van der Waals surface area (Å²) in [6, 6.07) is 5.83. The number of benzene rings is 1. The van der Waals surface area contributed by atoms with E-state index in [1.54, 1.807) is 12.1 Å². The van der Waals surface area contributed by atoms with Crippen LogP contribution in [0.2, 0.25) is 5.02 Å². The van der Waals surface area contributed by atoms with Gasteiger partial charge in [0.2, 0.25) is 0 Å². The van der Waals surface area contributed by atoms with Gasteiger partial charge in [0, 0.05) is 29.8 Å². The van der Waals surface area contributed by atoms with Gasteiger partial charge in [-0.05, 0) is 30.5 Å². The summed E-state index contributed by atoms with van der Waals surface area (Å²) >= 11 is 5.98. The van der Waals surface area contributed by atoms with Crippen molar-refractivity contribution in [1.82, 2.24) is 5.32 Å². The van der Waals surface area contributed by atoms with Gasteiger partial charge >= 0.3 is 0 Å². The van der Waals surface area contributed by atoms with Gasteiger partial charge in [-0.1, -0.05) is 17.7 Å². The molecule has 3 nitrogen and oxygen atoms in total. The summed E-state index contributed by atoms with van der Waals surface area (Å²) in [5.41, 5.74) is 1.59. The van der Waals surface area contributed by atoms with Crippen LogP contribution in [0.25, 0.3) is 0 Å². The Bertz CT molecular complexity index is 441. The smallest absolute Gasteiger partial charge is 0.255 e. The van der Waals surface area contributed by atoms with Crippen LogP contribution in [-0.4, -0.2) is 37.3 Å². The van der Waals surface area contributed by atoms with E-state index in [2.05, 4.69) is 5.32 Å². The van der Waals surface area contributed by atoms with Crippen molar-refractivity contribution < 1.29 is 13.9 Å². The summed E-state index contributed by atoms with van der Waals surface area (Å²) in [7, 11) is 0. The van der Waals surface area contributed by atoms with Crippen LogP contribution in [0.4, 0.5) is 14.5 Å². The van der Waals surface area contributed by atoms with Gasteiger partial charge in [0.15, 0.2) is 0 Å². The summed E-state index contributed by atoms with van der Waals surface area (Å²) in [6.45, 7) is 0.218. The lowest BCUT2D eigenvalue weighted by Gasteiger charge is -2.26. The molecule has 0 spiro atoms. The Morgan fingerprint density at radius 3 is 2.75 bits per heavy atom. The van der Waals surface area contributed by atoms with Gasteiger partial charge in [-0.3, -0.25) is 0 Å². The normalized spacial score (nSPS) is 14.8. The molecule has 0 aliphatic heterocycles. The van der Waals surface area contributed by atoms with Crippen LogP contribution in [0.3, 0.4) is 0 Å². The fourth-order valence-corrected chi connectivity index (χ4v) is 2.29. The molecule has 0 saturated heterocycles. The van der Waals surface area contributed by atoms with Crippen molar-refractivity contribution in [2.24, 2.45) is 0 Å². The highest BCUT2D eigenvalue weighted by atomic mass is 35.5. The van der Waals surface area contributed by atoms with E-state index in [1.165, 1.54) is 17.7 Å². The molecule has 0 aromatic heterocycles. The predicted molar refractivity (Wildman–Crippen MR) is 76.6 cm³/mol. The number of nitrogens with zero attached hydrogens (tertiary/aromatic N) is 1. The Balaban J connectivity index is 2.16. The van der Waals surface area contributed by atoms with Crippen LogP contribution in [0.15, 0.2) is 18.2 Å². The van der Waals surface area contributed by atoms with Crippen LogP contribution in [0.1, 0.15) is 18.4 Å². The molecule has 2 rings (SSSR count). The van der Waals surface area contributed by atoms with Crippen molar-refractivity contribution >= 4 is 17.3 Å². The van der Waals surface area contributed by atoms with Gasteiger partial charge in [-0.15, -0.1) is 0 Å². The number of hydrogen-bond acceptors (Lipinski definition) is 3. The van der Waals surface area contributed by atoms with Crippen molar-refractivity contribution in [2.45, 2.75) is 31.9 Å². The third kappa shape index (κ3) is 4.58. The molecule has 1 aliphatic rings. The van der Waals surface area contributed by atoms with Crippen LogP contribution < -0.4 is 10.2 Å². The molecule has 0 atom stereocenters. The van der Waals surface area contributed by atoms with Crippen molar-refractivity contribution in [3.63, 3.8) is 0 Å². The van der Waals surface area contributed by atoms with Crippen LogP contribution >= 0.6 is 11.6 Å². The first kappa shape index (κ1) is 15.5. The number of hydrogen-bond donors (Lipinski definition) is 2. The van der Waals surface area contributed by atoms with Crippen molar-refractivity contribution in [2.75, 3.05) is 24.6 Å². The van der Waals surface area contributed by atoms with E-state index < -0.39 is 13.0 Å². The van der Waals surface area contributed by atoms with Crippen molar-refractivity contribution in [3.8, 4) is 0 Å². The number of alkyl halides is 2. The van der Waals surface area contributed by atoms with Gasteiger partial charge < -0.3 is 15.3 Å². The highest BCUT2D eigenvalue weighted by molar-refractivity contribution is 6.30. The molecule has 2 N–H and O–H groups in total. The lowest BCUT2D eigenvalue weighted by molar-refractivity contribution is 0.152. The molecule has 6 heteroatoms. The molecule has 0 bridgehead atoms. The molecule has 1 fully saturated rings. The average molecular weight is 305 g/mol. The highest BCUT2D eigenvalue weighted by Gasteiger charge is 2.22. The Labute approximate surface area is 122 Å². The molecule has 0 amide bonds. The van der Waals surface area contributed by atoms with Gasteiger partial charge in [0.05, 0.1) is 13.2 Å². The summed E-state index contributed by atoms with van der Waals surface area (Å²) in [6.07, 6.45) is -0.120. The Morgan fingerprint density at radius 1 is 1.40 bits per heavy atom. The maximum absolute atomic E-state index is 12.7. The number of aliphatic hydroxyl groups excluding tert-OH is 1. The molecule has 0 radical (unpaired) electrons. The van der Waals surface area contributed by atoms with E-state index in [4.69, 9.17) is 16.7 Å². The van der Waals surface area contributed by atoms with E-state index in [0.29, 0.717) is 23.3 Å². The number of anilines is 1. The SMILES string of the molecule is OCCN(CC(F)F)c1cc(Cl)ccc1CNC1CC1. The molecule has 1 aliphatic carbocycles. The third-order valence-corrected chi connectivity index (χ3v) is 3.51. The van der Waals surface area contributed by atoms with Crippen molar-refractivity contribution in [3.05, 3.63) is 28.8 Å². The maximum atomic E-state index is 12.7. The summed E-state index contributed by atoms with van der Waals surface area (Å²) in [5.74, 6) is 0. The van der Waals surface area contributed by atoms with E-state index in [-0.39, 0.29) is 13.2 Å². The minimum absolute atomic E-state index is 0.168. The molecule has 0 heterocycles. The minimum atomic E-state index is -2.45. The van der Waals surface area contributed by atoms with Gasteiger partial charge in [-0.2, -0.15) is 0 Å². The minimum Gasteiger partial charge on any atom is -0.395 e. The first-order chi connectivity index (χ1) is 9.60. The molecule has 112 valence electrons. The largest absolute Gasteiger partial charge is 0.395 e. The monoisotopic (exact) mass is 304 g/mol. The average Bonchev–Trinajstić information content (AvgIpc) is 3.20. The van der Waals surface area contributed by atoms with Crippen molar-refractivity contribution in [1.29, 1.82) is 0 Å². The fourth-order valence-electron chi connectivity index (χ4n) is 2.12. The fraction of sp³-hybridized carbons (Fsp3) is 0.571. The lowest BCUT2D eigenvalue weighted by atomic mass is 10.1. The van der Waals surface area contributed by atoms with E-state index >= 15 is 0 Å². The van der Waals surface area contributed by atoms with Crippen LogP contribution in [0.5, 0.6) is 0 Å². The second-order valence-corrected chi connectivity index (χ2v) is 5.43. The van der Waals surface area contributed by atoms with Crippen LogP contribution in [-0.2, 0) is 6.54 Å². The third-order valence-electron chi connectivity index (χ3n) is 3.27. The quantitative estimate of drug-likeness (QED) is 0.775. The lowest BCUT2D eigenvalue weighted by Crippen LogP contribution is -2.33. The highest BCUT2D eigenvalue weighted by Crippen LogP contribution is 2.27. The van der Waals surface area contributed by atoms with Gasteiger partial charge in [0.1, 0.15) is 0 Å². The Hall–Kier alpha value is -0.910. The van der Waals surface area contributed by atoms with E-state index in [0.717, 1.165) is 5.56 Å². The molecular formula is C14H19ClF2N2O. The second-order valence-electron chi connectivity index (χ2n) is 4.99. The molecular weight excluding hydrogens is 286 g/mol. The number of aliphatic hydroxyl groups is 1. The molecule has 1 aromatic rings. The topological polar surface area (TPSA) is 35.5 Å². The summed E-state index contributed by atoms with van der Waals surface area (Å²) in [5, 5.41) is 12.9. The van der Waals surface area contributed by atoms with E-state index in [9.17, 15) is 8.78 Å². The van der Waals surface area contributed by atoms with E-state index in [1.807, 2.05) is 6.07 Å². The van der Waals surface area contributed by atoms with Gasteiger partial charge in [0.25, 0.3) is 6.43 Å². The zero-order chi connectivity index (χ0) is 14.5. The zero-order valence-electron chi connectivity index (χ0n) is 11.2. The predicted octanol–water partition coefficient (Wildman–Crippen LogP) is 2.66. The molecule has 20 heavy (non-hydrogen) atoms. The summed E-state index contributed by atoms with van der Waals surface area (Å²) < 4.78 is 25.4. The van der Waals surface area contributed by atoms with Crippen LogP contribution in [0, 0.1) is 0 Å². The first-order valence-electron chi connectivity index (χ1n) is 6.76. The number of rotatable bonds is 8. The summed E-state index contributed by atoms with van der Waals surface area (Å²) in [4.78, 5) is 1.49.